The standard InChI is InChI=1S/C17H26O2/c1-5-15(6-2)10-8-12-19-17(18)16-11-7-9-13(3)14(16)4/h7,9,11,15H,5-6,8,10,12H2,1-4H3. The molecule has 0 unspecified atom stereocenters. The predicted octanol–water partition coefficient (Wildman–Crippen LogP) is 4.68. The van der Waals surface area contributed by atoms with Gasteiger partial charge in [-0.1, -0.05) is 38.8 Å². The molecule has 0 aliphatic carbocycles. The molecule has 0 saturated heterocycles. The van der Waals surface area contributed by atoms with Crippen LogP contribution < -0.4 is 0 Å². The number of hydrogen-bond acceptors (Lipinski definition) is 2. The fraction of sp³-hybridized carbons (Fsp3) is 0.588. The fourth-order valence-corrected chi connectivity index (χ4v) is 2.28. The van der Waals surface area contributed by atoms with Crippen molar-refractivity contribution in [1.82, 2.24) is 0 Å². The van der Waals surface area contributed by atoms with Crippen molar-refractivity contribution < 1.29 is 9.53 Å². The number of ether oxygens (including phenoxy) is 1. The number of aryl methyl sites for hydroxylation is 1. The summed E-state index contributed by atoms with van der Waals surface area (Å²) < 4.78 is 5.36. The Bertz CT molecular complexity index is 406. The van der Waals surface area contributed by atoms with Gasteiger partial charge in [0.05, 0.1) is 12.2 Å². The number of esters is 1. The third kappa shape index (κ3) is 4.70. The van der Waals surface area contributed by atoms with Gasteiger partial charge in [-0.25, -0.2) is 4.79 Å². The first-order chi connectivity index (χ1) is 9.10. The monoisotopic (exact) mass is 262 g/mol. The highest BCUT2D eigenvalue weighted by molar-refractivity contribution is 5.91. The van der Waals surface area contributed by atoms with Gasteiger partial charge in [-0.3, -0.25) is 0 Å². The Labute approximate surface area is 117 Å². The van der Waals surface area contributed by atoms with E-state index in [0.717, 1.165) is 29.9 Å². The van der Waals surface area contributed by atoms with E-state index in [4.69, 9.17) is 4.74 Å². The van der Waals surface area contributed by atoms with Crippen molar-refractivity contribution >= 4 is 5.97 Å². The highest BCUT2D eigenvalue weighted by atomic mass is 16.5. The molecule has 0 bridgehead atoms. The zero-order chi connectivity index (χ0) is 14.3. The molecule has 0 aromatic heterocycles. The zero-order valence-corrected chi connectivity index (χ0v) is 12.7. The third-order valence-electron chi connectivity index (χ3n) is 3.97. The van der Waals surface area contributed by atoms with Crippen LogP contribution in [-0.4, -0.2) is 12.6 Å². The van der Waals surface area contributed by atoms with Gasteiger partial charge in [0.25, 0.3) is 0 Å². The van der Waals surface area contributed by atoms with Crippen LogP contribution in [0.4, 0.5) is 0 Å². The van der Waals surface area contributed by atoms with Gasteiger partial charge in [-0.2, -0.15) is 0 Å². The van der Waals surface area contributed by atoms with E-state index in [0.29, 0.717) is 12.2 Å². The molecule has 0 aliphatic heterocycles. The van der Waals surface area contributed by atoms with Crippen molar-refractivity contribution in [3.05, 3.63) is 34.9 Å². The van der Waals surface area contributed by atoms with Gasteiger partial charge < -0.3 is 4.74 Å². The molecular formula is C17H26O2. The molecule has 0 N–H and O–H groups in total. The van der Waals surface area contributed by atoms with Crippen LogP contribution in [0.3, 0.4) is 0 Å². The van der Waals surface area contributed by atoms with Gasteiger partial charge in [0, 0.05) is 0 Å². The van der Waals surface area contributed by atoms with Crippen LogP contribution in [0.25, 0.3) is 0 Å². The van der Waals surface area contributed by atoms with E-state index in [1.807, 2.05) is 32.0 Å². The van der Waals surface area contributed by atoms with Gasteiger partial charge in [-0.05, 0) is 49.8 Å². The second kappa shape index (κ2) is 7.98. The van der Waals surface area contributed by atoms with E-state index >= 15 is 0 Å². The van der Waals surface area contributed by atoms with Crippen molar-refractivity contribution in [2.45, 2.75) is 53.4 Å². The molecule has 1 aromatic rings. The zero-order valence-electron chi connectivity index (χ0n) is 12.7. The van der Waals surface area contributed by atoms with Gasteiger partial charge in [-0.15, -0.1) is 0 Å². The second-order valence-corrected chi connectivity index (χ2v) is 5.21. The molecule has 2 nitrogen and oxygen atoms in total. The molecule has 1 aromatic carbocycles. The van der Waals surface area contributed by atoms with Gasteiger partial charge in [0.1, 0.15) is 0 Å². The molecule has 106 valence electrons. The van der Waals surface area contributed by atoms with Crippen LogP contribution in [0.5, 0.6) is 0 Å². The Hall–Kier alpha value is -1.31. The molecule has 0 radical (unpaired) electrons. The van der Waals surface area contributed by atoms with E-state index in [2.05, 4.69) is 13.8 Å². The third-order valence-corrected chi connectivity index (χ3v) is 3.97. The van der Waals surface area contributed by atoms with E-state index in [1.165, 1.54) is 12.8 Å². The summed E-state index contributed by atoms with van der Waals surface area (Å²) in [4.78, 5) is 12.0. The largest absolute Gasteiger partial charge is 0.462 e. The summed E-state index contributed by atoms with van der Waals surface area (Å²) in [5.74, 6) is 0.574. The minimum absolute atomic E-state index is 0.189. The first-order valence-corrected chi connectivity index (χ1v) is 7.33. The molecule has 0 spiro atoms. The van der Waals surface area contributed by atoms with Crippen molar-refractivity contribution in [3.63, 3.8) is 0 Å². The Morgan fingerprint density at radius 1 is 1.21 bits per heavy atom. The Kier molecular flexibility index (Phi) is 6.61. The van der Waals surface area contributed by atoms with E-state index in [9.17, 15) is 4.79 Å². The maximum atomic E-state index is 12.0. The molecule has 0 aliphatic rings. The van der Waals surface area contributed by atoms with Crippen molar-refractivity contribution in [1.29, 1.82) is 0 Å². The lowest BCUT2D eigenvalue weighted by Crippen LogP contribution is -2.10. The normalized spacial score (nSPS) is 10.8. The summed E-state index contributed by atoms with van der Waals surface area (Å²) in [5, 5.41) is 0. The summed E-state index contributed by atoms with van der Waals surface area (Å²) in [5.41, 5.74) is 2.85. The molecule has 0 amide bonds. The first kappa shape index (κ1) is 15.7. The summed E-state index contributed by atoms with van der Waals surface area (Å²) in [6.45, 7) is 8.95. The van der Waals surface area contributed by atoms with Crippen molar-refractivity contribution in [2.24, 2.45) is 5.92 Å². The molecule has 0 atom stereocenters. The topological polar surface area (TPSA) is 26.3 Å². The minimum atomic E-state index is -0.189. The van der Waals surface area contributed by atoms with E-state index in [1.54, 1.807) is 0 Å². The maximum absolute atomic E-state index is 12.0. The molecule has 1 rings (SSSR count). The maximum Gasteiger partial charge on any atom is 0.338 e. The molecule has 0 heterocycles. The number of benzene rings is 1. The molecule has 2 heteroatoms. The van der Waals surface area contributed by atoms with E-state index in [-0.39, 0.29) is 5.97 Å². The van der Waals surface area contributed by atoms with Gasteiger partial charge >= 0.3 is 5.97 Å². The van der Waals surface area contributed by atoms with Crippen LogP contribution in [0.1, 0.15) is 61.0 Å². The molecule has 0 fully saturated rings. The van der Waals surface area contributed by atoms with Gasteiger partial charge in [0.2, 0.25) is 0 Å². The average molecular weight is 262 g/mol. The van der Waals surface area contributed by atoms with Crippen LogP contribution in [0.2, 0.25) is 0 Å². The second-order valence-electron chi connectivity index (χ2n) is 5.21. The predicted molar refractivity (Wildman–Crippen MR) is 79.5 cm³/mol. The SMILES string of the molecule is CCC(CC)CCCOC(=O)c1cccc(C)c1C. The number of hydrogen-bond donors (Lipinski definition) is 0. The van der Waals surface area contributed by atoms with Crippen LogP contribution in [0, 0.1) is 19.8 Å². The highest BCUT2D eigenvalue weighted by Crippen LogP contribution is 2.16. The lowest BCUT2D eigenvalue weighted by Gasteiger charge is -2.12. The number of rotatable bonds is 7. The molecule has 0 saturated carbocycles. The summed E-state index contributed by atoms with van der Waals surface area (Å²) in [7, 11) is 0. The van der Waals surface area contributed by atoms with Crippen LogP contribution >= 0.6 is 0 Å². The first-order valence-electron chi connectivity index (χ1n) is 7.33. The summed E-state index contributed by atoms with van der Waals surface area (Å²) in [6, 6.07) is 5.76. The lowest BCUT2D eigenvalue weighted by atomic mass is 9.98. The lowest BCUT2D eigenvalue weighted by molar-refractivity contribution is 0.0492. The highest BCUT2D eigenvalue weighted by Gasteiger charge is 2.11. The molecule has 19 heavy (non-hydrogen) atoms. The quantitative estimate of drug-likeness (QED) is 0.527. The fourth-order valence-electron chi connectivity index (χ4n) is 2.28. The van der Waals surface area contributed by atoms with Gasteiger partial charge in [0.15, 0.2) is 0 Å². The average Bonchev–Trinajstić information content (AvgIpc) is 2.42. The Morgan fingerprint density at radius 2 is 1.89 bits per heavy atom. The summed E-state index contributed by atoms with van der Waals surface area (Å²) in [6.07, 6.45) is 4.53. The smallest absolute Gasteiger partial charge is 0.338 e. The van der Waals surface area contributed by atoms with Crippen LogP contribution in [0.15, 0.2) is 18.2 Å². The minimum Gasteiger partial charge on any atom is -0.462 e. The molecular weight excluding hydrogens is 236 g/mol. The number of carbonyl (C=O) groups is 1. The Morgan fingerprint density at radius 3 is 2.53 bits per heavy atom. The Balaban J connectivity index is 2.41. The van der Waals surface area contributed by atoms with E-state index < -0.39 is 0 Å². The van der Waals surface area contributed by atoms with Crippen molar-refractivity contribution in [2.75, 3.05) is 6.61 Å². The summed E-state index contributed by atoms with van der Waals surface area (Å²) >= 11 is 0. The number of carbonyl (C=O) groups excluding carboxylic acids is 1. The van der Waals surface area contributed by atoms with Crippen molar-refractivity contribution in [3.8, 4) is 0 Å². The van der Waals surface area contributed by atoms with Crippen LogP contribution in [-0.2, 0) is 4.74 Å².